The van der Waals surface area contributed by atoms with Crippen molar-refractivity contribution in [2.24, 2.45) is 0 Å². The molecule has 0 heterocycles. The number of para-hydroxylation sites is 1. The van der Waals surface area contributed by atoms with Crippen molar-refractivity contribution in [2.75, 3.05) is 4.90 Å². The minimum atomic E-state index is -0.292. The highest BCUT2D eigenvalue weighted by Gasteiger charge is 2.18. The number of allylic oxidation sites excluding steroid dienone is 2. The summed E-state index contributed by atoms with van der Waals surface area (Å²) < 4.78 is 0. The van der Waals surface area contributed by atoms with E-state index in [0.29, 0.717) is 5.69 Å². The molecule has 0 N–H and O–H groups in total. The van der Waals surface area contributed by atoms with Gasteiger partial charge in [-0.1, -0.05) is 24.8 Å². The lowest BCUT2D eigenvalue weighted by molar-refractivity contribution is -0.116. The molecule has 0 fully saturated rings. The first kappa shape index (κ1) is 13.2. The smallest absolute Gasteiger partial charge is 0.228 e. The standard InChI is InChI=1S/C14H11N3O/c1-3-14(12(9-15)10-16)17(11(2)18)13-7-5-4-6-8-13/h3-8H,1H2,2H3. The fraction of sp³-hybridized carbons (Fsp3) is 0.0714. The molecule has 0 atom stereocenters. The number of benzene rings is 1. The maximum Gasteiger partial charge on any atom is 0.228 e. The van der Waals surface area contributed by atoms with E-state index in [1.165, 1.54) is 17.9 Å². The van der Waals surface area contributed by atoms with Crippen LogP contribution in [0.1, 0.15) is 6.92 Å². The molecule has 0 saturated heterocycles. The minimum absolute atomic E-state index is 0.149. The van der Waals surface area contributed by atoms with E-state index in [9.17, 15) is 4.79 Å². The van der Waals surface area contributed by atoms with Crippen LogP contribution in [0.3, 0.4) is 0 Å². The third kappa shape index (κ3) is 2.63. The molecule has 0 aliphatic rings. The van der Waals surface area contributed by atoms with E-state index in [1.807, 2.05) is 6.07 Å². The fourth-order valence-corrected chi connectivity index (χ4v) is 1.51. The predicted molar refractivity (Wildman–Crippen MR) is 68.1 cm³/mol. The van der Waals surface area contributed by atoms with E-state index in [1.54, 1.807) is 36.4 Å². The predicted octanol–water partition coefficient (Wildman–Crippen LogP) is 2.53. The number of hydrogen-bond donors (Lipinski definition) is 0. The Bertz CT molecular complexity index is 557. The molecule has 0 aliphatic heterocycles. The number of amides is 1. The van der Waals surface area contributed by atoms with Gasteiger partial charge in [0.1, 0.15) is 12.1 Å². The largest absolute Gasteiger partial charge is 0.279 e. The maximum absolute atomic E-state index is 11.7. The van der Waals surface area contributed by atoms with Crippen LogP contribution in [0, 0.1) is 22.7 Å². The van der Waals surface area contributed by atoms with Gasteiger partial charge in [0.05, 0.1) is 5.70 Å². The molecule has 88 valence electrons. The summed E-state index contributed by atoms with van der Waals surface area (Å²) in [6.07, 6.45) is 1.33. The van der Waals surface area contributed by atoms with Crippen molar-refractivity contribution in [1.82, 2.24) is 0 Å². The van der Waals surface area contributed by atoms with Crippen LogP contribution in [-0.2, 0) is 4.79 Å². The zero-order chi connectivity index (χ0) is 13.5. The van der Waals surface area contributed by atoms with Crippen LogP contribution in [0.5, 0.6) is 0 Å². The molecule has 4 heteroatoms. The van der Waals surface area contributed by atoms with E-state index in [4.69, 9.17) is 10.5 Å². The Morgan fingerprint density at radius 1 is 1.28 bits per heavy atom. The zero-order valence-electron chi connectivity index (χ0n) is 9.92. The first-order valence-corrected chi connectivity index (χ1v) is 5.18. The second-order valence-corrected chi connectivity index (χ2v) is 3.38. The van der Waals surface area contributed by atoms with E-state index in [2.05, 4.69) is 6.58 Å². The van der Waals surface area contributed by atoms with Gasteiger partial charge in [-0.05, 0) is 18.2 Å². The summed E-state index contributed by atoms with van der Waals surface area (Å²) >= 11 is 0. The first-order chi connectivity index (χ1) is 8.65. The van der Waals surface area contributed by atoms with Gasteiger partial charge < -0.3 is 0 Å². The average Bonchev–Trinajstić information content (AvgIpc) is 2.39. The molecule has 0 radical (unpaired) electrons. The topological polar surface area (TPSA) is 67.9 Å². The summed E-state index contributed by atoms with van der Waals surface area (Å²) in [5.41, 5.74) is 0.630. The third-order valence-electron chi connectivity index (χ3n) is 2.24. The minimum Gasteiger partial charge on any atom is -0.279 e. The Balaban J connectivity index is 3.45. The third-order valence-corrected chi connectivity index (χ3v) is 2.24. The molecular weight excluding hydrogens is 226 g/mol. The summed E-state index contributed by atoms with van der Waals surface area (Å²) in [5.74, 6) is -0.292. The molecule has 0 unspecified atom stereocenters. The summed E-state index contributed by atoms with van der Waals surface area (Å²) in [4.78, 5) is 13.0. The fourth-order valence-electron chi connectivity index (χ4n) is 1.51. The molecule has 1 amide bonds. The van der Waals surface area contributed by atoms with Gasteiger partial charge in [0.15, 0.2) is 5.57 Å². The highest BCUT2D eigenvalue weighted by Crippen LogP contribution is 2.21. The average molecular weight is 237 g/mol. The van der Waals surface area contributed by atoms with Crippen LogP contribution in [0.2, 0.25) is 0 Å². The van der Waals surface area contributed by atoms with Crippen LogP contribution in [0.4, 0.5) is 5.69 Å². The van der Waals surface area contributed by atoms with E-state index in [0.717, 1.165) is 0 Å². The van der Waals surface area contributed by atoms with Crippen LogP contribution < -0.4 is 4.90 Å². The number of carbonyl (C=O) groups excluding carboxylic acids is 1. The second kappa shape index (κ2) is 6.03. The Hall–Kier alpha value is -2.85. The Morgan fingerprint density at radius 3 is 2.22 bits per heavy atom. The number of anilines is 1. The molecule has 4 nitrogen and oxygen atoms in total. The quantitative estimate of drug-likeness (QED) is 0.599. The monoisotopic (exact) mass is 237 g/mol. The summed E-state index contributed by atoms with van der Waals surface area (Å²) in [6, 6.07) is 12.3. The maximum atomic E-state index is 11.7. The van der Waals surface area contributed by atoms with Crippen LogP contribution in [-0.4, -0.2) is 5.91 Å². The van der Waals surface area contributed by atoms with Crippen molar-refractivity contribution >= 4 is 11.6 Å². The lowest BCUT2D eigenvalue weighted by Crippen LogP contribution is -2.27. The van der Waals surface area contributed by atoms with Crippen molar-refractivity contribution in [3.63, 3.8) is 0 Å². The van der Waals surface area contributed by atoms with Crippen molar-refractivity contribution in [3.8, 4) is 12.1 Å². The van der Waals surface area contributed by atoms with Gasteiger partial charge >= 0.3 is 0 Å². The van der Waals surface area contributed by atoms with Gasteiger partial charge in [-0.2, -0.15) is 10.5 Å². The first-order valence-electron chi connectivity index (χ1n) is 5.18. The van der Waals surface area contributed by atoms with Gasteiger partial charge in [0, 0.05) is 12.6 Å². The number of nitrogens with zero attached hydrogens (tertiary/aromatic N) is 3. The van der Waals surface area contributed by atoms with Gasteiger partial charge in [-0.3, -0.25) is 9.69 Å². The van der Waals surface area contributed by atoms with E-state index >= 15 is 0 Å². The van der Waals surface area contributed by atoms with Crippen molar-refractivity contribution in [2.45, 2.75) is 6.92 Å². The second-order valence-electron chi connectivity index (χ2n) is 3.38. The van der Waals surface area contributed by atoms with Gasteiger partial charge in [-0.15, -0.1) is 0 Å². The highest BCUT2D eigenvalue weighted by molar-refractivity contribution is 5.96. The van der Waals surface area contributed by atoms with Crippen molar-refractivity contribution in [1.29, 1.82) is 10.5 Å². The summed E-state index contributed by atoms with van der Waals surface area (Å²) in [6.45, 7) is 4.92. The Labute approximate surface area is 106 Å². The number of nitriles is 2. The number of carbonyl (C=O) groups is 1. The van der Waals surface area contributed by atoms with Crippen LogP contribution in [0.15, 0.2) is 54.3 Å². The van der Waals surface area contributed by atoms with Gasteiger partial charge in [0.2, 0.25) is 5.91 Å². The normalized spacial score (nSPS) is 8.61. The molecule has 0 spiro atoms. The molecule has 18 heavy (non-hydrogen) atoms. The van der Waals surface area contributed by atoms with E-state index in [-0.39, 0.29) is 17.2 Å². The molecule has 0 saturated carbocycles. The Morgan fingerprint density at radius 2 is 1.83 bits per heavy atom. The van der Waals surface area contributed by atoms with Crippen LogP contribution >= 0.6 is 0 Å². The summed E-state index contributed by atoms with van der Waals surface area (Å²) in [5, 5.41) is 17.8. The molecule has 0 bridgehead atoms. The number of hydrogen-bond acceptors (Lipinski definition) is 3. The zero-order valence-corrected chi connectivity index (χ0v) is 9.92. The SMILES string of the molecule is C=CC(=C(C#N)C#N)N(C(C)=O)c1ccccc1. The van der Waals surface area contributed by atoms with Gasteiger partial charge in [0.25, 0.3) is 0 Å². The molecule has 0 aliphatic carbocycles. The number of rotatable bonds is 3. The van der Waals surface area contributed by atoms with Crippen molar-refractivity contribution in [3.05, 3.63) is 54.3 Å². The summed E-state index contributed by atoms with van der Waals surface area (Å²) in [7, 11) is 0. The molecule has 1 aromatic rings. The molecule has 1 rings (SSSR count). The molecular formula is C14H11N3O. The van der Waals surface area contributed by atoms with E-state index < -0.39 is 0 Å². The lowest BCUT2D eigenvalue weighted by atomic mass is 10.2. The van der Waals surface area contributed by atoms with Crippen LogP contribution in [0.25, 0.3) is 0 Å². The lowest BCUT2D eigenvalue weighted by Gasteiger charge is -2.22. The molecule has 0 aromatic heterocycles. The van der Waals surface area contributed by atoms with Gasteiger partial charge in [-0.25, -0.2) is 0 Å². The van der Waals surface area contributed by atoms with Crippen molar-refractivity contribution < 1.29 is 4.79 Å². The Kier molecular flexibility index (Phi) is 4.42. The highest BCUT2D eigenvalue weighted by atomic mass is 16.2. The molecule has 1 aromatic carbocycles.